The van der Waals surface area contributed by atoms with E-state index < -0.39 is 0 Å². The monoisotopic (exact) mass is 204 g/mol. The summed E-state index contributed by atoms with van der Waals surface area (Å²) in [4.78, 5) is 10.9. The van der Waals surface area contributed by atoms with Crippen molar-refractivity contribution < 1.29 is 9.53 Å². The molecule has 0 aliphatic carbocycles. The van der Waals surface area contributed by atoms with Gasteiger partial charge in [-0.15, -0.1) is 0 Å². The van der Waals surface area contributed by atoms with Crippen LogP contribution >= 0.6 is 0 Å². The summed E-state index contributed by atoms with van der Waals surface area (Å²) in [7, 11) is 0. The van der Waals surface area contributed by atoms with E-state index in [1.54, 1.807) is 6.07 Å². The van der Waals surface area contributed by atoms with Crippen molar-refractivity contribution in [3.05, 3.63) is 35.9 Å². The summed E-state index contributed by atoms with van der Waals surface area (Å²) in [5, 5.41) is 0. The lowest BCUT2D eigenvalue weighted by Crippen LogP contribution is -2.02. The van der Waals surface area contributed by atoms with Gasteiger partial charge in [-0.2, -0.15) is 0 Å². The van der Waals surface area contributed by atoms with E-state index in [1.165, 1.54) is 6.92 Å². The van der Waals surface area contributed by atoms with Gasteiger partial charge < -0.3 is 4.74 Å². The largest absolute Gasteiger partial charge is 0.426 e. The molecule has 80 valence electrons. The number of hydrogen-bond acceptors (Lipinski definition) is 2. The van der Waals surface area contributed by atoms with Gasteiger partial charge in [-0.05, 0) is 12.0 Å². The lowest BCUT2D eigenvalue weighted by atomic mass is 10.1. The highest BCUT2D eigenvalue weighted by Crippen LogP contribution is 2.20. The molecule has 0 aliphatic rings. The van der Waals surface area contributed by atoms with Gasteiger partial charge in [-0.25, -0.2) is 0 Å². The summed E-state index contributed by atoms with van der Waals surface area (Å²) in [6, 6.07) is 7.50. The van der Waals surface area contributed by atoms with Crippen molar-refractivity contribution >= 4 is 12.0 Å². The average Bonchev–Trinajstić information content (AvgIpc) is 2.15. The number of carbonyl (C=O) groups is 1. The van der Waals surface area contributed by atoms with Gasteiger partial charge >= 0.3 is 5.97 Å². The van der Waals surface area contributed by atoms with Gasteiger partial charge in [0.1, 0.15) is 5.75 Å². The van der Waals surface area contributed by atoms with Crippen LogP contribution in [0.3, 0.4) is 0 Å². The van der Waals surface area contributed by atoms with Crippen LogP contribution in [0.25, 0.3) is 6.08 Å². The first-order chi connectivity index (χ1) is 7.09. The number of allylic oxidation sites excluding steroid dienone is 1. The minimum absolute atomic E-state index is 0.291. The SMILES string of the molecule is CC(=O)Oc1ccccc1C=CC(C)C. The molecule has 0 amide bonds. The molecule has 0 fully saturated rings. The summed E-state index contributed by atoms with van der Waals surface area (Å²) >= 11 is 0. The third-order valence-electron chi connectivity index (χ3n) is 1.83. The van der Waals surface area contributed by atoms with E-state index in [2.05, 4.69) is 19.9 Å². The van der Waals surface area contributed by atoms with Gasteiger partial charge in [0.15, 0.2) is 0 Å². The first kappa shape index (κ1) is 11.5. The molecule has 0 spiro atoms. The van der Waals surface area contributed by atoms with Crippen molar-refractivity contribution in [2.75, 3.05) is 0 Å². The molecule has 1 rings (SSSR count). The van der Waals surface area contributed by atoms with E-state index in [0.717, 1.165) is 5.56 Å². The van der Waals surface area contributed by atoms with Gasteiger partial charge in [-0.3, -0.25) is 4.79 Å². The van der Waals surface area contributed by atoms with E-state index in [9.17, 15) is 4.79 Å². The van der Waals surface area contributed by atoms with Crippen LogP contribution in [0, 0.1) is 5.92 Å². The fourth-order valence-electron chi connectivity index (χ4n) is 1.16. The van der Waals surface area contributed by atoms with Crippen molar-refractivity contribution in [2.45, 2.75) is 20.8 Å². The minimum atomic E-state index is -0.291. The second kappa shape index (κ2) is 5.35. The standard InChI is InChI=1S/C13H16O2/c1-10(2)8-9-12-6-4-5-7-13(12)15-11(3)14/h4-10H,1-3H3. The first-order valence-electron chi connectivity index (χ1n) is 5.05. The summed E-state index contributed by atoms with van der Waals surface area (Å²) in [6.07, 6.45) is 4.05. The molecule has 0 saturated carbocycles. The Labute approximate surface area is 90.6 Å². The quantitative estimate of drug-likeness (QED) is 0.558. The van der Waals surface area contributed by atoms with Gasteiger partial charge in [0.05, 0.1) is 0 Å². The predicted molar refractivity (Wildman–Crippen MR) is 61.6 cm³/mol. The molecule has 1 aromatic carbocycles. The van der Waals surface area contributed by atoms with Crippen molar-refractivity contribution in [3.63, 3.8) is 0 Å². The van der Waals surface area contributed by atoms with Crippen molar-refractivity contribution in [1.29, 1.82) is 0 Å². The predicted octanol–water partition coefficient (Wildman–Crippen LogP) is 3.28. The highest BCUT2D eigenvalue weighted by atomic mass is 16.5. The first-order valence-corrected chi connectivity index (χ1v) is 5.05. The van der Waals surface area contributed by atoms with Crippen LogP contribution in [0.1, 0.15) is 26.3 Å². The topological polar surface area (TPSA) is 26.3 Å². The number of carbonyl (C=O) groups excluding carboxylic acids is 1. The van der Waals surface area contributed by atoms with Crippen LogP contribution < -0.4 is 4.74 Å². The Bertz CT molecular complexity index is 365. The molecule has 0 unspecified atom stereocenters. The summed E-state index contributed by atoms with van der Waals surface area (Å²) < 4.78 is 5.09. The normalized spacial score (nSPS) is 10.9. The van der Waals surface area contributed by atoms with Crippen molar-refractivity contribution in [1.82, 2.24) is 0 Å². The maximum atomic E-state index is 10.9. The van der Waals surface area contributed by atoms with Crippen LogP contribution in [0.15, 0.2) is 30.3 Å². The molecule has 15 heavy (non-hydrogen) atoms. The molecule has 0 aromatic heterocycles. The Kier molecular flexibility index (Phi) is 4.10. The lowest BCUT2D eigenvalue weighted by molar-refractivity contribution is -0.131. The molecule has 2 nitrogen and oxygen atoms in total. The maximum absolute atomic E-state index is 10.9. The number of para-hydroxylation sites is 1. The van der Waals surface area contributed by atoms with Gasteiger partial charge in [0.2, 0.25) is 0 Å². The Balaban J connectivity index is 2.91. The smallest absolute Gasteiger partial charge is 0.308 e. The van der Waals surface area contributed by atoms with Crippen molar-refractivity contribution in [2.24, 2.45) is 5.92 Å². The zero-order valence-electron chi connectivity index (χ0n) is 9.36. The number of esters is 1. The molecule has 0 saturated heterocycles. The molecule has 0 bridgehead atoms. The molecule has 1 aromatic rings. The number of ether oxygens (including phenoxy) is 1. The van der Waals surface area contributed by atoms with Crippen molar-refractivity contribution in [3.8, 4) is 5.75 Å². The van der Waals surface area contributed by atoms with Crippen LogP contribution in [0.2, 0.25) is 0 Å². The van der Waals surface area contributed by atoms with Crippen LogP contribution in [0.4, 0.5) is 0 Å². The van der Waals surface area contributed by atoms with E-state index in [1.807, 2.05) is 24.3 Å². The molecule has 2 heteroatoms. The minimum Gasteiger partial charge on any atom is -0.426 e. The van der Waals surface area contributed by atoms with Gasteiger partial charge in [-0.1, -0.05) is 44.2 Å². The zero-order valence-corrected chi connectivity index (χ0v) is 9.36. The molecular weight excluding hydrogens is 188 g/mol. The molecule has 0 radical (unpaired) electrons. The lowest BCUT2D eigenvalue weighted by Gasteiger charge is -2.05. The molecule has 0 atom stereocenters. The third kappa shape index (κ3) is 3.98. The molecule has 0 heterocycles. The summed E-state index contributed by atoms with van der Waals surface area (Å²) in [5.74, 6) is 0.803. The fraction of sp³-hybridized carbons (Fsp3) is 0.308. The van der Waals surface area contributed by atoms with Gasteiger partial charge in [0.25, 0.3) is 0 Å². The Morgan fingerprint density at radius 1 is 1.33 bits per heavy atom. The number of benzene rings is 1. The molecule has 0 aliphatic heterocycles. The Morgan fingerprint density at radius 2 is 2.00 bits per heavy atom. The molecular formula is C13H16O2. The van der Waals surface area contributed by atoms with E-state index in [-0.39, 0.29) is 5.97 Å². The zero-order chi connectivity index (χ0) is 11.3. The highest BCUT2D eigenvalue weighted by Gasteiger charge is 2.02. The van der Waals surface area contributed by atoms with E-state index in [0.29, 0.717) is 11.7 Å². The van der Waals surface area contributed by atoms with E-state index in [4.69, 9.17) is 4.74 Å². The van der Waals surface area contributed by atoms with Crippen LogP contribution in [-0.4, -0.2) is 5.97 Å². The van der Waals surface area contributed by atoms with E-state index >= 15 is 0 Å². The number of rotatable bonds is 3. The second-order valence-corrected chi connectivity index (χ2v) is 3.73. The summed E-state index contributed by atoms with van der Waals surface area (Å²) in [5.41, 5.74) is 0.932. The number of hydrogen-bond donors (Lipinski definition) is 0. The van der Waals surface area contributed by atoms with Crippen LogP contribution in [0.5, 0.6) is 5.75 Å². The Hall–Kier alpha value is -1.57. The van der Waals surface area contributed by atoms with Gasteiger partial charge in [0, 0.05) is 12.5 Å². The fourth-order valence-corrected chi connectivity index (χ4v) is 1.16. The Morgan fingerprint density at radius 3 is 2.60 bits per heavy atom. The third-order valence-corrected chi connectivity index (χ3v) is 1.83. The van der Waals surface area contributed by atoms with Crippen LogP contribution in [-0.2, 0) is 4.79 Å². The highest BCUT2D eigenvalue weighted by molar-refractivity contribution is 5.71. The average molecular weight is 204 g/mol. The summed E-state index contributed by atoms with van der Waals surface area (Å²) in [6.45, 7) is 5.61. The molecule has 0 N–H and O–H groups in total. The maximum Gasteiger partial charge on any atom is 0.308 e. The second-order valence-electron chi connectivity index (χ2n) is 3.73.